The van der Waals surface area contributed by atoms with Gasteiger partial charge in [-0.3, -0.25) is 9.59 Å². The molecular formula is C20H17N3O5S. The van der Waals surface area contributed by atoms with E-state index in [1.807, 2.05) is 31.2 Å². The van der Waals surface area contributed by atoms with E-state index in [9.17, 15) is 9.59 Å². The van der Waals surface area contributed by atoms with Crippen molar-refractivity contribution < 1.29 is 23.5 Å². The van der Waals surface area contributed by atoms with Gasteiger partial charge in [0, 0.05) is 17.2 Å². The fourth-order valence-electron chi connectivity index (χ4n) is 2.73. The van der Waals surface area contributed by atoms with E-state index in [1.165, 1.54) is 6.92 Å². The van der Waals surface area contributed by atoms with E-state index in [-0.39, 0.29) is 29.5 Å². The summed E-state index contributed by atoms with van der Waals surface area (Å²) in [7, 11) is 0. The van der Waals surface area contributed by atoms with Crippen LogP contribution in [0.3, 0.4) is 0 Å². The predicted molar refractivity (Wildman–Crippen MR) is 106 cm³/mol. The number of benzene rings is 2. The number of ketones is 1. The van der Waals surface area contributed by atoms with Crippen molar-refractivity contribution in [2.45, 2.75) is 19.1 Å². The van der Waals surface area contributed by atoms with Gasteiger partial charge in [0.05, 0.1) is 11.4 Å². The van der Waals surface area contributed by atoms with Crippen molar-refractivity contribution in [3.8, 4) is 23.0 Å². The Morgan fingerprint density at radius 1 is 1.10 bits per heavy atom. The van der Waals surface area contributed by atoms with E-state index in [2.05, 4.69) is 15.5 Å². The number of hydrogen-bond acceptors (Lipinski definition) is 8. The fourth-order valence-corrected chi connectivity index (χ4v) is 3.29. The van der Waals surface area contributed by atoms with Gasteiger partial charge in [0.1, 0.15) is 0 Å². The van der Waals surface area contributed by atoms with E-state index in [0.717, 1.165) is 22.9 Å². The van der Waals surface area contributed by atoms with Gasteiger partial charge in [0.15, 0.2) is 17.3 Å². The smallest absolute Gasteiger partial charge is 0.277 e. The molecular weight excluding hydrogens is 394 g/mol. The van der Waals surface area contributed by atoms with Gasteiger partial charge in [-0.25, -0.2) is 0 Å². The summed E-state index contributed by atoms with van der Waals surface area (Å²) in [6.07, 6.45) is 0. The van der Waals surface area contributed by atoms with E-state index in [0.29, 0.717) is 28.6 Å². The number of carbonyl (C=O) groups is 2. The zero-order valence-electron chi connectivity index (χ0n) is 15.7. The Morgan fingerprint density at radius 3 is 2.55 bits per heavy atom. The number of carbonyl (C=O) groups excluding carboxylic acids is 2. The first-order valence-corrected chi connectivity index (χ1v) is 9.76. The minimum absolute atomic E-state index is 0.0430. The third kappa shape index (κ3) is 4.24. The first-order valence-electron chi connectivity index (χ1n) is 8.77. The van der Waals surface area contributed by atoms with E-state index in [1.54, 1.807) is 12.1 Å². The summed E-state index contributed by atoms with van der Waals surface area (Å²) in [5.74, 6) is 0.899. The number of amides is 1. The second-order valence-electron chi connectivity index (χ2n) is 6.38. The van der Waals surface area contributed by atoms with Crippen LogP contribution < -0.4 is 14.8 Å². The lowest BCUT2D eigenvalue weighted by atomic mass is 10.1. The van der Waals surface area contributed by atoms with Crippen molar-refractivity contribution in [1.82, 2.24) is 10.2 Å². The molecule has 1 aliphatic heterocycles. The van der Waals surface area contributed by atoms with Crippen LogP contribution in [0.25, 0.3) is 11.5 Å². The molecule has 1 amide bonds. The maximum Gasteiger partial charge on any atom is 0.277 e. The zero-order chi connectivity index (χ0) is 20.4. The van der Waals surface area contributed by atoms with Crippen molar-refractivity contribution in [2.75, 3.05) is 17.9 Å². The number of aromatic nitrogens is 2. The molecule has 1 aromatic heterocycles. The van der Waals surface area contributed by atoms with Gasteiger partial charge in [-0.05, 0) is 32.0 Å². The molecule has 2 aromatic carbocycles. The highest BCUT2D eigenvalue weighted by Crippen LogP contribution is 2.37. The standard InChI is InChI=1S/C20H17N3O5S/c1-11-3-5-13(6-4-11)19-22-23-20(28-19)29-9-18(25)21-15-8-17-16(26-10-27-17)7-14(15)12(2)24/h3-8H,9-10H2,1-2H3,(H,21,25). The molecule has 0 fully saturated rings. The first-order chi connectivity index (χ1) is 14.0. The van der Waals surface area contributed by atoms with E-state index >= 15 is 0 Å². The Labute approximate surface area is 170 Å². The van der Waals surface area contributed by atoms with Gasteiger partial charge in [-0.15, -0.1) is 10.2 Å². The summed E-state index contributed by atoms with van der Waals surface area (Å²) in [6.45, 7) is 3.50. The summed E-state index contributed by atoms with van der Waals surface area (Å²) in [5, 5.41) is 11.0. The maximum atomic E-state index is 12.4. The molecule has 0 radical (unpaired) electrons. The second kappa shape index (κ2) is 7.96. The van der Waals surface area contributed by atoms with Crippen molar-refractivity contribution in [3.05, 3.63) is 47.5 Å². The summed E-state index contributed by atoms with van der Waals surface area (Å²) in [4.78, 5) is 24.3. The monoisotopic (exact) mass is 411 g/mol. The maximum absolute atomic E-state index is 12.4. The molecule has 0 spiro atoms. The van der Waals surface area contributed by atoms with Crippen LogP contribution in [0.2, 0.25) is 0 Å². The number of aryl methyl sites for hydroxylation is 1. The molecule has 0 saturated carbocycles. The molecule has 29 heavy (non-hydrogen) atoms. The van der Waals surface area contributed by atoms with Gasteiger partial charge in [-0.1, -0.05) is 29.5 Å². The fraction of sp³-hybridized carbons (Fsp3) is 0.200. The van der Waals surface area contributed by atoms with Gasteiger partial charge < -0.3 is 19.2 Å². The van der Waals surface area contributed by atoms with Crippen LogP contribution in [0.4, 0.5) is 5.69 Å². The lowest BCUT2D eigenvalue weighted by molar-refractivity contribution is -0.113. The number of rotatable bonds is 6. The van der Waals surface area contributed by atoms with Crippen molar-refractivity contribution in [2.24, 2.45) is 0 Å². The molecule has 0 aliphatic carbocycles. The molecule has 0 unspecified atom stereocenters. The predicted octanol–water partition coefficient (Wildman–Crippen LogP) is 3.71. The van der Waals surface area contributed by atoms with Gasteiger partial charge in [0.2, 0.25) is 18.6 Å². The van der Waals surface area contributed by atoms with Crippen LogP contribution in [0, 0.1) is 6.92 Å². The zero-order valence-corrected chi connectivity index (χ0v) is 16.5. The Balaban J connectivity index is 1.41. The number of Topliss-reactive ketones (excluding diaryl/α,β-unsaturated/α-hetero) is 1. The number of nitrogens with zero attached hydrogens (tertiary/aromatic N) is 2. The minimum Gasteiger partial charge on any atom is -0.454 e. The quantitative estimate of drug-likeness (QED) is 0.484. The lowest BCUT2D eigenvalue weighted by Gasteiger charge is -2.10. The number of fused-ring (bicyclic) bond motifs is 1. The highest BCUT2D eigenvalue weighted by molar-refractivity contribution is 7.99. The summed E-state index contributed by atoms with van der Waals surface area (Å²) in [6, 6.07) is 10.9. The number of ether oxygens (including phenoxy) is 2. The highest BCUT2D eigenvalue weighted by Gasteiger charge is 2.20. The summed E-state index contributed by atoms with van der Waals surface area (Å²) in [5.41, 5.74) is 2.67. The number of anilines is 1. The van der Waals surface area contributed by atoms with Crippen LogP contribution >= 0.6 is 11.8 Å². The van der Waals surface area contributed by atoms with E-state index in [4.69, 9.17) is 13.9 Å². The molecule has 0 atom stereocenters. The Morgan fingerprint density at radius 2 is 1.83 bits per heavy atom. The van der Waals surface area contributed by atoms with Crippen molar-refractivity contribution >= 4 is 29.1 Å². The Hall–Kier alpha value is -3.33. The van der Waals surface area contributed by atoms with Crippen LogP contribution in [-0.4, -0.2) is 34.4 Å². The lowest BCUT2D eigenvalue weighted by Crippen LogP contribution is -2.16. The molecule has 0 bridgehead atoms. The SMILES string of the molecule is CC(=O)c1cc2c(cc1NC(=O)CSc1nnc(-c3ccc(C)cc3)o1)OCO2. The van der Waals surface area contributed by atoms with Crippen LogP contribution in [0.1, 0.15) is 22.8 Å². The molecule has 1 aliphatic rings. The molecule has 4 rings (SSSR count). The molecule has 3 aromatic rings. The van der Waals surface area contributed by atoms with Crippen molar-refractivity contribution in [3.63, 3.8) is 0 Å². The molecule has 148 valence electrons. The minimum atomic E-state index is -0.313. The molecule has 2 heterocycles. The molecule has 0 saturated heterocycles. The number of nitrogens with one attached hydrogen (secondary N) is 1. The third-order valence-corrected chi connectivity index (χ3v) is 5.02. The Kier molecular flexibility index (Phi) is 5.22. The number of hydrogen-bond donors (Lipinski definition) is 1. The molecule has 8 nitrogen and oxygen atoms in total. The molecule has 1 N–H and O–H groups in total. The average Bonchev–Trinajstić information content (AvgIpc) is 3.35. The number of thioether (sulfide) groups is 1. The Bertz CT molecular complexity index is 1080. The van der Waals surface area contributed by atoms with Crippen LogP contribution in [0.5, 0.6) is 11.5 Å². The van der Waals surface area contributed by atoms with Gasteiger partial charge in [0.25, 0.3) is 5.22 Å². The molecule has 9 heteroatoms. The summed E-state index contributed by atoms with van der Waals surface area (Å²) < 4.78 is 16.2. The third-order valence-electron chi connectivity index (χ3n) is 4.20. The van der Waals surface area contributed by atoms with Crippen LogP contribution in [-0.2, 0) is 4.79 Å². The van der Waals surface area contributed by atoms with E-state index < -0.39 is 0 Å². The van der Waals surface area contributed by atoms with Crippen LogP contribution in [0.15, 0.2) is 46.0 Å². The summed E-state index contributed by atoms with van der Waals surface area (Å²) >= 11 is 1.11. The van der Waals surface area contributed by atoms with Gasteiger partial charge >= 0.3 is 0 Å². The second-order valence-corrected chi connectivity index (χ2v) is 7.31. The van der Waals surface area contributed by atoms with Crippen molar-refractivity contribution in [1.29, 1.82) is 0 Å². The average molecular weight is 411 g/mol. The largest absolute Gasteiger partial charge is 0.454 e. The highest BCUT2D eigenvalue weighted by atomic mass is 32.2. The normalized spacial score (nSPS) is 12.1. The van der Waals surface area contributed by atoms with Gasteiger partial charge in [-0.2, -0.15) is 0 Å². The topological polar surface area (TPSA) is 104 Å². The first kappa shape index (κ1) is 19.0.